The van der Waals surface area contributed by atoms with Crippen LogP contribution >= 0.6 is 0 Å². The number of hydrogen-bond acceptors (Lipinski definition) is 4. The third kappa shape index (κ3) is 2.80. The summed E-state index contributed by atoms with van der Waals surface area (Å²) < 4.78 is 4.56. The highest BCUT2D eigenvalue weighted by molar-refractivity contribution is 5.94. The fraction of sp³-hybridized carbons (Fsp3) is 0.273. The lowest BCUT2D eigenvalue weighted by Gasteiger charge is -2.09. The van der Waals surface area contributed by atoms with E-state index >= 15 is 0 Å². The molecule has 1 amide bonds. The van der Waals surface area contributed by atoms with Crippen molar-refractivity contribution in [2.45, 2.75) is 13.5 Å². The Balaban J connectivity index is 3.10. The number of carbonyl (C=O) groups is 2. The molecule has 0 spiro atoms. The summed E-state index contributed by atoms with van der Waals surface area (Å²) in [5.74, 6) is -0.757. The molecule has 86 valence electrons. The Morgan fingerprint density at radius 3 is 2.62 bits per heavy atom. The van der Waals surface area contributed by atoms with E-state index in [1.54, 1.807) is 6.07 Å². The van der Waals surface area contributed by atoms with Crippen molar-refractivity contribution in [2.24, 2.45) is 0 Å². The van der Waals surface area contributed by atoms with Crippen LogP contribution in [-0.2, 0) is 16.1 Å². The van der Waals surface area contributed by atoms with Crippen molar-refractivity contribution in [2.75, 3.05) is 12.4 Å². The van der Waals surface area contributed by atoms with E-state index in [1.165, 1.54) is 26.2 Å². The predicted molar refractivity (Wildman–Crippen MR) is 58.0 cm³/mol. The maximum Gasteiger partial charge on any atom is 0.337 e. The van der Waals surface area contributed by atoms with Crippen molar-refractivity contribution in [3.05, 3.63) is 29.3 Å². The molecular weight excluding hydrogens is 210 g/mol. The van der Waals surface area contributed by atoms with Crippen LogP contribution in [0, 0.1) is 0 Å². The lowest BCUT2D eigenvalue weighted by Crippen LogP contribution is -2.10. The molecule has 0 atom stereocenters. The van der Waals surface area contributed by atoms with Gasteiger partial charge in [-0.3, -0.25) is 4.79 Å². The zero-order valence-corrected chi connectivity index (χ0v) is 9.11. The van der Waals surface area contributed by atoms with Crippen LogP contribution in [0.4, 0.5) is 5.69 Å². The molecule has 2 N–H and O–H groups in total. The summed E-state index contributed by atoms with van der Waals surface area (Å²) in [5.41, 5.74) is 1.28. The monoisotopic (exact) mass is 223 g/mol. The number of methoxy groups -OCH3 is 1. The smallest absolute Gasteiger partial charge is 0.337 e. The molecule has 5 heteroatoms. The number of aliphatic hydroxyl groups is 1. The van der Waals surface area contributed by atoms with E-state index < -0.39 is 5.97 Å². The molecule has 0 saturated carbocycles. The van der Waals surface area contributed by atoms with E-state index in [-0.39, 0.29) is 12.5 Å². The highest BCUT2D eigenvalue weighted by atomic mass is 16.5. The third-order valence-electron chi connectivity index (χ3n) is 2.01. The second kappa shape index (κ2) is 5.27. The first-order valence-electron chi connectivity index (χ1n) is 4.68. The molecule has 0 fully saturated rings. The molecule has 0 unspecified atom stereocenters. The summed E-state index contributed by atoms with van der Waals surface area (Å²) in [6, 6.07) is 4.57. The number of nitrogens with one attached hydrogen (secondary N) is 1. The average Bonchev–Trinajstić information content (AvgIpc) is 2.27. The quantitative estimate of drug-likeness (QED) is 0.747. The molecule has 0 heterocycles. The van der Waals surface area contributed by atoms with Crippen LogP contribution in [0.2, 0.25) is 0 Å². The first-order valence-corrected chi connectivity index (χ1v) is 4.68. The summed E-state index contributed by atoms with van der Waals surface area (Å²) in [5, 5.41) is 11.6. The predicted octanol–water partition coefficient (Wildman–Crippen LogP) is 0.924. The summed E-state index contributed by atoms with van der Waals surface area (Å²) >= 11 is 0. The van der Waals surface area contributed by atoms with E-state index in [4.69, 9.17) is 5.11 Å². The largest absolute Gasteiger partial charge is 0.465 e. The van der Waals surface area contributed by atoms with Crippen molar-refractivity contribution in [1.82, 2.24) is 0 Å². The Morgan fingerprint density at radius 2 is 2.12 bits per heavy atom. The molecule has 1 aromatic carbocycles. The van der Waals surface area contributed by atoms with Crippen molar-refractivity contribution in [3.63, 3.8) is 0 Å². The van der Waals surface area contributed by atoms with Gasteiger partial charge in [0.05, 0.1) is 19.3 Å². The number of benzene rings is 1. The number of carbonyl (C=O) groups excluding carboxylic acids is 2. The maximum atomic E-state index is 11.3. The third-order valence-corrected chi connectivity index (χ3v) is 2.01. The van der Waals surface area contributed by atoms with Crippen LogP contribution < -0.4 is 5.32 Å². The molecule has 0 bridgehead atoms. The fourth-order valence-corrected chi connectivity index (χ4v) is 1.27. The van der Waals surface area contributed by atoms with Crippen LogP contribution in [0.15, 0.2) is 18.2 Å². The van der Waals surface area contributed by atoms with E-state index in [2.05, 4.69) is 10.1 Å². The number of aliphatic hydroxyl groups excluding tert-OH is 1. The first-order chi connectivity index (χ1) is 7.58. The van der Waals surface area contributed by atoms with Crippen LogP contribution in [0.3, 0.4) is 0 Å². The van der Waals surface area contributed by atoms with Crippen molar-refractivity contribution in [1.29, 1.82) is 0 Å². The fourth-order valence-electron chi connectivity index (χ4n) is 1.27. The number of ether oxygens (including phenoxy) is 1. The minimum Gasteiger partial charge on any atom is -0.465 e. The number of rotatable bonds is 3. The van der Waals surface area contributed by atoms with Crippen molar-refractivity contribution < 1.29 is 19.4 Å². The molecule has 16 heavy (non-hydrogen) atoms. The van der Waals surface area contributed by atoms with Gasteiger partial charge in [0.25, 0.3) is 0 Å². The van der Waals surface area contributed by atoms with Crippen molar-refractivity contribution in [3.8, 4) is 0 Å². The minimum atomic E-state index is -0.490. The van der Waals surface area contributed by atoms with Crippen LogP contribution in [0.5, 0.6) is 0 Å². The number of hydrogen-bond donors (Lipinski definition) is 2. The molecular formula is C11H13NO4. The molecule has 1 rings (SSSR count). The first kappa shape index (κ1) is 12.2. The summed E-state index contributed by atoms with van der Waals surface area (Å²) in [6.07, 6.45) is 0. The van der Waals surface area contributed by atoms with Gasteiger partial charge in [0.15, 0.2) is 0 Å². The van der Waals surface area contributed by atoms with Crippen LogP contribution in [0.25, 0.3) is 0 Å². The SMILES string of the molecule is COC(=O)c1ccc(CO)c(NC(C)=O)c1. The Kier molecular flexibility index (Phi) is 4.02. The maximum absolute atomic E-state index is 11.3. The van der Waals surface area contributed by atoms with Crippen LogP contribution in [0.1, 0.15) is 22.8 Å². The van der Waals surface area contributed by atoms with Gasteiger partial charge in [-0.05, 0) is 12.1 Å². The molecule has 0 aliphatic carbocycles. The molecule has 1 aromatic rings. The van der Waals surface area contributed by atoms with Crippen LogP contribution in [-0.4, -0.2) is 24.1 Å². The van der Waals surface area contributed by atoms with Gasteiger partial charge in [0.1, 0.15) is 0 Å². The highest BCUT2D eigenvalue weighted by Crippen LogP contribution is 2.18. The molecule has 0 saturated heterocycles. The van der Waals surface area contributed by atoms with Gasteiger partial charge in [-0.1, -0.05) is 6.07 Å². The van der Waals surface area contributed by atoms with Gasteiger partial charge in [0, 0.05) is 18.2 Å². The number of anilines is 1. The normalized spacial score (nSPS) is 9.69. The second-order valence-corrected chi connectivity index (χ2v) is 3.20. The van der Waals surface area contributed by atoms with E-state index in [0.717, 1.165) is 0 Å². The second-order valence-electron chi connectivity index (χ2n) is 3.20. The standard InChI is InChI=1S/C11H13NO4/c1-7(14)12-10-5-8(11(15)16-2)3-4-9(10)6-13/h3-5,13H,6H2,1-2H3,(H,12,14). The van der Waals surface area contributed by atoms with E-state index in [0.29, 0.717) is 16.8 Å². The number of esters is 1. The zero-order chi connectivity index (χ0) is 12.1. The topological polar surface area (TPSA) is 75.6 Å². The molecule has 0 aliphatic heterocycles. The number of amides is 1. The molecule has 5 nitrogen and oxygen atoms in total. The Morgan fingerprint density at radius 1 is 1.44 bits per heavy atom. The molecule has 0 aromatic heterocycles. The summed E-state index contributed by atoms with van der Waals surface area (Å²) in [4.78, 5) is 22.2. The highest BCUT2D eigenvalue weighted by Gasteiger charge is 2.10. The Labute approximate surface area is 93.0 Å². The molecule has 0 radical (unpaired) electrons. The van der Waals surface area contributed by atoms with E-state index in [9.17, 15) is 9.59 Å². The Hall–Kier alpha value is -1.88. The van der Waals surface area contributed by atoms with Gasteiger partial charge >= 0.3 is 5.97 Å². The molecule has 0 aliphatic rings. The lowest BCUT2D eigenvalue weighted by atomic mass is 10.1. The minimum absolute atomic E-state index is 0.211. The van der Waals surface area contributed by atoms with Crippen molar-refractivity contribution >= 4 is 17.6 Å². The Bertz CT molecular complexity index is 414. The average molecular weight is 223 g/mol. The summed E-state index contributed by atoms with van der Waals surface area (Å²) in [6.45, 7) is 1.14. The van der Waals surface area contributed by atoms with Gasteiger partial charge < -0.3 is 15.2 Å². The van der Waals surface area contributed by atoms with Gasteiger partial charge in [-0.2, -0.15) is 0 Å². The van der Waals surface area contributed by atoms with E-state index in [1.807, 2.05) is 0 Å². The zero-order valence-electron chi connectivity index (χ0n) is 9.11. The van der Waals surface area contributed by atoms with Gasteiger partial charge in [-0.25, -0.2) is 4.79 Å². The van der Waals surface area contributed by atoms with Gasteiger partial charge in [0.2, 0.25) is 5.91 Å². The van der Waals surface area contributed by atoms with Gasteiger partial charge in [-0.15, -0.1) is 0 Å². The summed E-state index contributed by atoms with van der Waals surface area (Å²) in [7, 11) is 1.28. The lowest BCUT2D eigenvalue weighted by molar-refractivity contribution is -0.114.